The molecule has 1 aromatic carbocycles. The number of aromatic nitrogens is 2. The van der Waals surface area contributed by atoms with Crippen molar-refractivity contribution < 1.29 is 14.4 Å². The number of carbonyl (C=O) groups is 1. The summed E-state index contributed by atoms with van der Waals surface area (Å²) in [5.41, 5.74) is 1.35. The van der Waals surface area contributed by atoms with Crippen LogP contribution in [0.15, 0.2) is 47.3 Å². The topological polar surface area (TPSA) is 88.3 Å². The van der Waals surface area contributed by atoms with E-state index in [4.69, 9.17) is 4.52 Å². The Labute approximate surface area is 133 Å². The van der Waals surface area contributed by atoms with E-state index in [-0.39, 0.29) is 29.3 Å². The van der Waals surface area contributed by atoms with E-state index in [9.17, 15) is 9.90 Å². The molecule has 6 nitrogen and oxygen atoms in total. The van der Waals surface area contributed by atoms with Crippen LogP contribution in [-0.2, 0) is 0 Å². The molecule has 0 saturated carbocycles. The SMILES string of the molecule is CC(C)C(NC(=O)c1ccon1)c1ccc2cccnc2c1O. The zero-order valence-corrected chi connectivity index (χ0v) is 12.9. The van der Waals surface area contributed by atoms with Gasteiger partial charge in [-0.3, -0.25) is 9.78 Å². The molecule has 3 rings (SSSR count). The van der Waals surface area contributed by atoms with Gasteiger partial charge in [0, 0.05) is 23.2 Å². The van der Waals surface area contributed by atoms with Crippen LogP contribution in [0.3, 0.4) is 0 Å². The molecule has 2 heterocycles. The Balaban J connectivity index is 1.98. The van der Waals surface area contributed by atoms with Gasteiger partial charge in [0.1, 0.15) is 17.5 Å². The Kier molecular flexibility index (Phi) is 3.97. The number of nitrogens with zero attached hydrogens (tertiary/aromatic N) is 2. The third kappa shape index (κ3) is 2.88. The van der Waals surface area contributed by atoms with E-state index < -0.39 is 0 Å². The van der Waals surface area contributed by atoms with Crippen molar-refractivity contribution in [2.75, 3.05) is 0 Å². The highest BCUT2D eigenvalue weighted by atomic mass is 16.5. The van der Waals surface area contributed by atoms with Crippen LogP contribution in [0.25, 0.3) is 10.9 Å². The first-order chi connectivity index (χ1) is 11.1. The summed E-state index contributed by atoms with van der Waals surface area (Å²) in [6.45, 7) is 3.94. The first-order valence-corrected chi connectivity index (χ1v) is 7.35. The van der Waals surface area contributed by atoms with Crippen molar-refractivity contribution in [3.05, 3.63) is 54.0 Å². The van der Waals surface area contributed by atoms with E-state index in [1.54, 1.807) is 6.20 Å². The summed E-state index contributed by atoms with van der Waals surface area (Å²) in [5.74, 6) is -0.196. The quantitative estimate of drug-likeness (QED) is 0.773. The largest absolute Gasteiger partial charge is 0.505 e. The van der Waals surface area contributed by atoms with Gasteiger partial charge in [0.05, 0.1) is 6.04 Å². The molecular formula is C17H17N3O3. The number of hydrogen-bond acceptors (Lipinski definition) is 5. The van der Waals surface area contributed by atoms with Crippen molar-refractivity contribution in [3.63, 3.8) is 0 Å². The number of amides is 1. The second-order valence-electron chi connectivity index (χ2n) is 5.66. The Hall–Kier alpha value is -2.89. The lowest BCUT2D eigenvalue weighted by Gasteiger charge is -2.23. The average molecular weight is 311 g/mol. The predicted octanol–water partition coefficient (Wildman–Crippen LogP) is 3.06. The van der Waals surface area contributed by atoms with Gasteiger partial charge in [-0.2, -0.15) is 0 Å². The van der Waals surface area contributed by atoms with Crippen molar-refractivity contribution in [2.45, 2.75) is 19.9 Å². The molecule has 23 heavy (non-hydrogen) atoms. The number of nitrogens with one attached hydrogen (secondary N) is 1. The number of rotatable bonds is 4. The van der Waals surface area contributed by atoms with Crippen molar-refractivity contribution in [2.24, 2.45) is 5.92 Å². The smallest absolute Gasteiger partial charge is 0.273 e. The summed E-state index contributed by atoms with van der Waals surface area (Å²) in [6, 6.07) is 8.51. The number of pyridine rings is 1. The molecule has 118 valence electrons. The summed E-state index contributed by atoms with van der Waals surface area (Å²) in [4.78, 5) is 16.5. The maximum Gasteiger partial charge on any atom is 0.273 e. The van der Waals surface area contributed by atoms with Gasteiger partial charge in [0.15, 0.2) is 5.69 Å². The third-order valence-corrected chi connectivity index (χ3v) is 3.74. The van der Waals surface area contributed by atoms with Crippen LogP contribution >= 0.6 is 0 Å². The standard InChI is InChI=1S/C17H17N3O3/c1-10(2)14(19-17(22)13-7-9-23-20-13)12-6-5-11-4-3-8-18-15(11)16(12)21/h3-10,14,21H,1-2H3,(H,19,22). The zero-order chi connectivity index (χ0) is 16.4. The van der Waals surface area contributed by atoms with Crippen LogP contribution in [0.2, 0.25) is 0 Å². The molecule has 0 radical (unpaired) electrons. The van der Waals surface area contributed by atoms with E-state index in [1.807, 2.05) is 38.1 Å². The Bertz CT molecular complexity index is 828. The number of benzene rings is 1. The second-order valence-corrected chi connectivity index (χ2v) is 5.66. The van der Waals surface area contributed by atoms with E-state index >= 15 is 0 Å². The summed E-state index contributed by atoms with van der Waals surface area (Å²) >= 11 is 0. The van der Waals surface area contributed by atoms with Crippen LogP contribution in [0, 0.1) is 5.92 Å². The van der Waals surface area contributed by atoms with Crippen LogP contribution < -0.4 is 5.32 Å². The van der Waals surface area contributed by atoms with Gasteiger partial charge in [-0.05, 0) is 12.0 Å². The van der Waals surface area contributed by atoms with Gasteiger partial charge >= 0.3 is 0 Å². The monoisotopic (exact) mass is 311 g/mol. The van der Waals surface area contributed by atoms with Crippen LogP contribution in [0.1, 0.15) is 35.9 Å². The number of carbonyl (C=O) groups excluding carboxylic acids is 1. The lowest BCUT2D eigenvalue weighted by molar-refractivity contribution is 0.0916. The van der Waals surface area contributed by atoms with Gasteiger partial charge in [-0.1, -0.05) is 37.2 Å². The van der Waals surface area contributed by atoms with E-state index in [0.717, 1.165) is 5.39 Å². The molecule has 0 aliphatic carbocycles. The first-order valence-electron chi connectivity index (χ1n) is 7.35. The predicted molar refractivity (Wildman–Crippen MR) is 85.0 cm³/mol. The second kappa shape index (κ2) is 6.08. The normalized spacial score (nSPS) is 12.5. The number of fused-ring (bicyclic) bond motifs is 1. The molecular weight excluding hydrogens is 294 g/mol. The summed E-state index contributed by atoms with van der Waals surface area (Å²) in [6.07, 6.45) is 2.97. The zero-order valence-electron chi connectivity index (χ0n) is 12.9. The van der Waals surface area contributed by atoms with Crippen molar-refractivity contribution in [1.82, 2.24) is 15.5 Å². The van der Waals surface area contributed by atoms with Crippen LogP contribution in [-0.4, -0.2) is 21.2 Å². The van der Waals surface area contributed by atoms with Gasteiger partial charge < -0.3 is 14.9 Å². The molecule has 0 bridgehead atoms. The van der Waals surface area contributed by atoms with Crippen LogP contribution in [0.5, 0.6) is 5.75 Å². The molecule has 0 aliphatic rings. The average Bonchev–Trinajstić information content (AvgIpc) is 3.08. The molecule has 0 aliphatic heterocycles. The molecule has 6 heteroatoms. The van der Waals surface area contributed by atoms with E-state index in [0.29, 0.717) is 11.1 Å². The highest BCUT2D eigenvalue weighted by molar-refractivity contribution is 5.92. The fraction of sp³-hybridized carbons (Fsp3) is 0.235. The van der Waals surface area contributed by atoms with Crippen molar-refractivity contribution >= 4 is 16.8 Å². The number of phenolic OH excluding ortho intramolecular Hbond substituents is 1. The molecule has 2 N–H and O–H groups in total. The van der Waals surface area contributed by atoms with Gasteiger partial charge in [-0.15, -0.1) is 0 Å². The van der Waals surface area contributed by atoms with Crippen molar-refractivity contribution in [1.29, 1.82) is 0 Å². The summed E-state index contributed by atoms with van der Waals surface area (Å²) in [5, 5.41) is 17.9. The first kappa shape index (κ1) is 15.0. The van der Waals surface area contributed by atoms with Gasteiger partial charge in [0.25, 0.3) is 5.91 Å². The molecule has 0 fully saturated rings. The minimum atomic E-state index is -0.370. The highest BCUT2D eigenvalue weighted by Crippen LogP contribution is 2.34. The Morgan fingerprint density at radius 1 is 1.26 bits per heavy atom. The molecule has 1 unspecified atom stereocenters. The highest BCUT2D eigenvalue weighted by Gasteiger charge is 2.24. The van der Waals surface area contributed by atoms with Gasteiger partial charge in [0.2, 0.25) is 0 Å². The molecule has 0 saturated heterocycles. The Morgan fingerprint density at radius 2 is 2.09 bits per heavy atom. The molecule has 0 spiro atoms. The number of hydrogen-bond donors (Lipinski definition) is 2. The molecule has 1 atom stereocenters. The fourth-order valence-electron chi connectivity index (χ4n) is 2.54. The summed E-state index contributed by atoms with van der Waals surface area (Å²) < 4.78 is 4.69. The number of aromatic hydroxyl groups is 1. The lowest BCUT2D eigenvalue weighted by Crippen LogP contribution is -2.32. The minimum absolute atomic E-state index is 0.0675. The Morgan fingerprint density at radius 3 is 2.78 bits per heavy atom. The lowest BCUT2D eigenvalue weighted by atomic mass is 9.94. The molecule has 2 aromatic heterocycles. The molecule has 1 amide bonds. The fourth-order valence-corrected chi connectivity index (χ4v) is 2.54. The minimum Gasteiger partial charge on any atom is -0.505 e. The molecule has 3 aromatic rings. The summed E-state index contributed by atoms with van der Waals surface area (Å²) in [7, 11) is 0. The van der Waals surface area contributed by atoms with Crippen molar-refractivity contribution in [3.8, 4) is 5.75 Å². The third-order valence-electron chi connectivity index (χ3n) is 3.74. The van der Waals surface area contributed by atoms with E-state index in [2.05, 4.69) is 15.5 Å². The maximum absolute atomic E-state index is 12.2. The van der Waals surface area contributed by atoms with E-state index in [1.165, 1.54) is 12.3 Å². The van der Waals surface area contributed by atoms with Crippen LogP contribution in [0.4, 0.5) is 0 Å². The number of phenols is 1. The maximum atomic E-state index is 12.2. The van der Waals surface area contributed by atoms with Gasteiger partial charge in [-0.25, -0.2) is 0 Å².